The minimum absolute atomic E-state index is 0.133. The zero-order chi connectivity index (χ0) is 32.0. The van der Waals surface area contributed by atoms with E-state index in [9.17, 15) is 22.8 Å². The SMILES string of the molecule is CCn1nc(-c2ccc(NC(=O)O[C@@H]3O[C@@H](C)[C@H](OC)[C@@H](OC)[C@H]3OC)cc2)cc1NC(=O)c1ccc(OC(F)(F)F)cc1. The number of hydrogen-bond acceptors (Lipinski definition) is 9. The molecule has 2 amide bonds. The van der Waals surface area contributed by atoms with Crippen LogP contribution >= 0.6 is 0 Å². The summed E-state index contributed by atoms with van der Waals surface area (Å²) in [6.07, 6.45) is -8.72. The van der Waals surface area contributed by atoms with Gasteiger partial charge in [-0.15, -0.1) is 13.2 Å². The molecule has 238 valence electrons. The van der Waals surface area contributed by atoms with Crippen LogP contribution in [0.15, 0.2) is 54.6 Å². The highest BCUT2D eigenvalue weighted by Crippen LogP contribution is 2.29. The average Bonchev–Trinajstić information content (AvgIpc) is 3.39. The van der Waals surface area contributed by atoms with E-state index in [0.717, 1.165) is 12.1 Å². The lowest BCUT2D eigenvalue weighted by Crippen LogP contribution is -2.59. The molecule has 0 spiro atoms. The van der Waals surface area contributed by atoms with Crippen LogP contribution in [-0.2, 0) is 30.2 Å². The fraction of sp³-hybridized carbons (Fsp3) is 0.414. The van der Waals surface area contributed by atoms with Crippen molar-refractivity contribution in [2.75, 3.05) is 32.0 Å². The van der Waals surface area contributed by atoms with E-state index in [1.165, 1.54) is 33.5 Å². The maximum Gasteiger partial charge on any atom is 0.573 e. The van der Waals surface area contributed by atoms with Gasteiger partial charge >= 0.3 is 12.5 Å². The molecule has 12 nitrogen and oxygen atoms in total. The summed E-state index contributed by atoms with van der Waals surface area (Å²) >= 11 is 0. The summed E-state index contributed by atoms with van der Waals surface area (Å²) in [4.78, 5) is 25.4. The Kier molecular flexibility index (Phi) is 10.5. The number of aryl methyl sites for hydroxylation is 1. The highest BCUT2D eigenvalue weighted by molar-refractivity contribution is 6.04. The van der Waals surface area contributed by atoms with Crippen LogP contribution in [0.5, 0.6) is 5.75 Å². The van der Waals surface area contributed by atoms with Crippen molar-refractivity contribution in [3.8, 4) is 17.0 Å². The van der Waals surface area contributed by atoms with Gasteiger partial charge in [0.05, 0.1) is 11.8 Å². The molecule has 1 aliphatic rings. The number of methoxy groups -OCH3 is 3. The van der Waals surface area contributed by atoms with Gasteiger partial charge in [0, 0.05) is 50.8 Å². The van der Waals surface area contributed by atoms with Crippen molar-refractivity contribution in [3.63, 3.8) is 0 Å². The van der Waals surface area contributed by atoms with Crippen LogP contribution in [0.4, 0.5) is 29.5 Å². The van der Waals surface area contributed by atoms with Crippen molar-refractivity contribution in [2.45, 2.75) is 57.5 Å². The summed E-state index contributed by atoms with van der Waals surface area (Å²) in [6, 6.07) is 13.0. The van der Waals surface area contributed by atoms with Gasteiger partial charge in [-0.2, -0.15) is 5.10 Å². The summed E-state index contributed by atoms with van der Waals surface area (Å²) in [5.74, 6) is -0.588. The number of alkyl halides is 3. The minimum atomic E-state index is -4.83. The van der Waals surface area contributed by atoms with Crippen molar-refractivity contribution in [3.05, 3.63) is 60.2 Å². The van der Waals surface area contributed by atoms with Gasteiger partial charge in [-0.05, 0) is 50.2 Å². The van der Waals surface area contributed by atoms with Crippen molar-refractivity contribution >= 4 is 23.5 Å². The first-order valence-corrected chi connectivity index (χ1v) is 13.5. The van der Waals surface area contributed by atoms with Crippen LogP contribution in [0.25, 0.3) is 11.3 Å². The largest absolute Gasteiger partial charge is 0.573 e. The Hall–Kier alpha value is -4.18. The predicted molar refractivity (Wildman–Crippen MR) is 151 cm³/mol. The number of hydrogen-bond donors (Lipinski definition) is 2. The van der Waals surface area contributed by atoms with Gasteiger partial charge < -0.3 is 33.7 Å². The topological polar surface area (TPSA) is 131 Å². The lowest BCUT2D eigenvalue weighted by Gasteiger charge is -2.43. The van der Waals surface area contributed by atoms with Crippen molar-refractivity contribution in [1.82, 2.24) is 9.78 Å². The molecule has 0 radical (unpaired) electrons. The van der Waals surface area contributed by atoms with E-state index >= 15 is 0 Å². The van der Waals surface area contributed by atoms with Crippen LogP contribution < -0.4 is 15.4 Å². The smallest absolute Gasteiger partial charge is 0.416 e. The van der Waals surface area contributed by atoms with Gasteiger partial charge in [-0.3, -0.25) is 10.1 Å². The number of rotatable bonds is 10. The third kappa shape index (κ3) is 7.85. The molecule has 0 saturated carbocycles. The monoisotopic (exact) mass is 622 g/mol. The average molecular weight is 623 g/mol. The molecule has 2 heterocycles. The lowest BCUT2D eigenvalue weighted by atomic mass is 9.99. The standard InChI is InChI=1S/C29H33F3N4O8/c1-6-36-22(34-26(37)18-9-13-20(14-10-18)44-29(30,31)32)15-21(35-36)17-7-11-19(12-8-17)33-28(38)43-27-25(41-5)24(40-4)23(39-3)16(2)42-27/h7-16,23-25,27H,6H2,1-5H3,(H,33,38)(H,34,37)/t16-,23-,24+,25+,27-/m0/s1. The molecule has 1 aromatic heterocycles. The molecule has 0 aliphatic carbocycles. The van der Waals surface area contributed by atoms with Gasteiger partial charge in [-0.25, -0.2) is 9.48 Å². The van der Waals surface area contributed by atoms with E-state index in [2.05, 4.69) is 20.5 Å². The minimum Gasteiger partial charge on any atom is -0.416 e. The number of anilines is 2. The Balaban J connectivity index is 1.39. The van der Waals surface area contributed by atoms with Crippen LogP contribution in [0.2, 0.25) is 0 Å². The van der Waals surface area contributed by atoms with Crippen molar-refractivity contribution in [2.24, 2.45) is 0 Å². The van der Waals surface area contributed by atoms with Crippen LogP contribution in [0, 0.1) is 0 Å². The number of nitrogens with zero attached hydrogens (tertiary/aromatic N) is 2. The molecule has 15 heteroatoms. The Labute approximate surface area is 251 Å². The number of carbonyl (C=O) groups excluding carboxylic acids is 2. The number of carbonyl (C=O) groups is 2. The summed E-state index contributed by atoms with van der Waals surface area (Å²) < 4.78 is 70.4. The first-order valence-electron chi connectivity index (χ1n) is 13.5. The molecule has 0 unspecified atom stereocenters. The number of ether oxygens (including phenoxy) is 6. The predicted octanol–water partition coefficient (Wildman–Crippen LogP) is 5.06. The third-order valence-electron chi connectivity index (χ3n) is 6.87. The van der Waals surface area contributed by atoms with Gasteiger partial charge in [0.2, 0.25) is 6.29 Å². The van der Waals surface area contributed by atoms with E-state index in [1.54, 1.807) is 41.9 Å². The van der Waals surface area contributed by atoms with E-state index in [1.807, 2.05) is 6.92 Å². The number of nitrogens with one attached hydrogen (secondary N) is 2. The van der Waals surface area contributed by atoms with E-state index in [-0.39, 0.29) is 5.56 Å². The van der Waals surface area contributed by atoms with Crippen LogP contribution in [0.1, 0.15) is 24.2 Å². The van der Waals surface area contributed by atoms with Crippen molar-refractivity contribution < 1.29 is 51.2 Å². The highest BCUT2D eigenvalue weighted by Gasteiger charge is 2.47. The maximum atomic E-state index is 12.7. The normalized spacial score (nSPS) is 21.9. The molecule has 1 saturated heterocycles. The molecule has 0 bridgehead atoms. The van der Waals surface area contributed by atoms with Crippen LogP contribution in [0.3, 0.4) is 0 Å². The second-order valence-corrected chi connectivity index (χ2v) is 9.68. The first-order chi connectivity index (χ1) is 21.0. The van der Waals surface area contributed by atoms with E-state index in [0.29, 0.717) is 29.3 Å². The van der Waals surface area contributed by atoms with Crippen molar-refractivity contribution in [1.29, 1.82) is 0 Å². The molecular weight excluding hydrogens is 589 g/mol. The third-order valence-corrected chi connectivity index (χ3v) is 6.87. The zero-order valence-corrected chi connectivity index (χ0v) is 24.6. The lowest BCUT2D eigenvalue weighted by molar-refractivity contribution is -0.288. The molecule has 1 fully saturated rings. The molecule has 2 aromatic carbocycles. The Morgan fingerprint density at radius 3 is 2.14 bits per heavy atom. The first kappa shape index (κ1) is 32.7. The number of aromatic nitrogens is 2. The number of benzene rings is 2. The second-order valence-electron chi connectivity index (χ2n) is 9.68. The molecule has 4 rings (SSSR count). The van der Waals surface area contributed by atoms with Crippen LogP contribution in [-0.4, -0.2) is 80.2 Å². The second kappa shape index (κ2) is 14.1. The van der Waals surface area contributed by atoms with E-state index in [4.69, 9.17) is 23.7 Å². The van der Waals surface area contributed by atoms with Gasteiger partial charge in [0.1, 0.15) is 29.9 Å². The molecule has 3 aromatic rings. The fourth-order valence-corrected chi connectivity index (χ4v) is 4.78. The van der Waals surface area contributed by atoms with E-state index < -0.39 is 54.8 Å². The summed E-state index contributed by atoms with van der Waals surface area (Å²) in [7, 11) is 4.51. The van der Waals surface area contributed by atoms with Gasteiger partial charge in [0.25, 0.3) is 5.91 Å². The quantitative estimate of drug-likeness (QED) is 0.319. The maximum absolute atomic E-state index is 12.7. The Morgan fingerprint density at radius 1 is 0.932 bits per heavy atom. The molecule has 1 aliphatic heterocycles. The Morgan fingerprint density at radius 2 is 1.57 bits per heavy atom. The fourth-order valence-electron chi connectivity index (χ4n) is 4.78. The molecule has 44 heavy (non-hydrogen) atoms. The molecule has 5 atom stereocenters. The summed E-state index contributed by atoms with van der Waals surface area (Å²) in [5.41, 5.74) is 1.80. The molecule has 2 N–H and O–H groups in total. The Bertz CT molecular complexity index is 1420. The zero-order valence-electron chi connectivity index (χ0n) is 24.6. The number of amides is 2. The van der Waals surface area contributed by atoms with Gasteiger partial charge in [0.15, 0.2) is 0 Å². The summed E-state index contributed by atoms with van der Waals surface area (Å²) in [5, 5.41) is 9.89. The van der Waals surface area contributed by atoms with Gasteiger partial charge in [-0.1, -0.05) is 12.1 Å². The summed E-state index contributed by atoms with van der Waals surface area (Å²) in [6.45, 7) is 4.05. The molecular formula is C29H33F3N4O8. The highest BCUT2D eigenvalue weighted by atomic mass is 19.4. The number of halogens is 3.